The van der Waals surface area contributed by atoms with Crippen molar-refractivity contribution < 1.29 is 0 Å². The van der Waals surface area contributed by atoms with Gasteiger partial charge < -0.3 is 0 Å². The van der Waals surface area contributed by atoms with Crippen LogP contribution < -0.4 is 0 Å². The maximum atomic E-state index is 3.78. The molecule has 0 aliphatic heterocycles. The van der Waals surface area contributed by atoms with Crippen LogP contribution >= 0.6 is 0 Å². The van der Waals surface area contributed by atoms with E-state index < -0.39 is 8.07 Å². The molecule has 0 unspecified atom stereocenters. The number of hydrogen-bond acceptors (Lipinski definition) is 0. The third kappa shape index (κ3) is 4.07. The summed E-state index contributed by atoms with van der Waals surface area (Å²) >= 11 is 0. The highest BCUT2D eigenvalue weighted by Gasteiger charge is 2.06. The average molecular weight is 278 g/mol. The third-order valence-corrected chi connectivity index (χ3v) is 4.33. The second kappa shape index (κ2) is 6.06. The van der Waals surface area contributed by atoms with E-state index in [1.165, 1.54) is 16.7 Å². The molecule has 0 atom stereocenters. The Bertz CT molecular complexity index is 596. The van der Waals surface area contributed by atoms with Crippen molar-refractivity contribution in [3.05, 3.63) is 71.9 Å². The van der Waals surface area contributed by atoms with E-state index in [0.29, 0.717) is 0 Å². The fourth-order valence-corrected chi connectivity index (χ4v) is 2.64. The Morgan fingerprint density at radius 1 is 0.750 bits per heavy atom. The van der Waals surface area contributed by atoms with Gasteiger partial charge in [0.2, 0.25) is 0 Å². The summed E-state index contributed by atoms with van der Waals surface area (Å²) in [5.41, 5.74) is 7.31. The number of hydrogen-bond donors (Lipinski definition) is 0. The lowest BCUT2D eigenvalue weighted by atomic mass is 10.0. The molecule has 0 fully saturated rings. The molecule has 2 aromatic rings. The summed E-state index contributed by atoms with van der Waals surface area (Å²) in [6.07, 6.45) is 4.12. The molecule has 20 heavy (non-hydrogen) atoms. The topological polar surface area (TPSA) is 0 Å². The summed E-state index contributed by atoms with van der Waals surface area (Å²) < 4.78 is 0. The van der Waals surface area contributed by atoms with Gasteiger partial charge in [0.25, 0.3) is 0 Å². The van der Waals surface area contributed by atoms with Gasteiger partial charge >= 0.3 is 0 Å². The fourth-order valence-electron chi connectivity index (χ4n) is 1.94. The molecule has 0 saturated heterocycles. The van der Waals surface area contributed by atoms with Gasteiger partial charge in [-0.1, -0.05) is 92.6 Å². The molecule has 0 spiro atoms. The van der Waals surface area contributed by atoms with Crippen LogP contribution in [-0.4, -0.2) is 8.07 Å². The predicted molar refractivity (Wildman–Crippen MR) is 94.3 cm³/mol. The lowest BCUT2D eigenvalue weighted by Crippen LogP contribution is -2.15. The SMILES string of the molecule is C=Cc1ccc(-c2ccc(C=C[Si](C)(C)C)cc2)cc1. The molecule has 2 rings (SSSR count). The van der Waals surface area contributed by atoms with Crippen LogP contribution in [0.2, 0.25) is 19.6 Å². The largest absolute Gasteiger partial charge is 0.0985 e. The first-order valence-electron chi connectivity index (χ1n) is 7.00. The number of benzene rings is 2. The molecule has 0 N–H and O–H groups in total. The highest BCUT2D eigenvalue weighted by molar-refractivity contribution is 6.81. The van der Waals surface area contributed by atoms with Crippen molar-refractivity contribution in [1.82, 2.24) is 0 Å². The molecule has 2 aromatic carbocycles. The Labute approximate surface area is 123 Å². The highest BCUT2D eigenvalue weighted by atomic mass is 28.3. The van der Waals surface area contributed by atoms with E-state index in [-0.39, 0.29) is 0 Å². The molecule has 0 aromatic heterocycles. The van der Waals surface area contributed by atoms with Crippen molar-refractivity contribution in [2.75, 3.05) is 0 Å². The molecular formula is C19H22Si. The molecule has 102 valence electrons. The van der Waals surface area contributed by atoms with Crippen LogP contribution in [0.25, 0.3) is 23.3 Å². The van der Waals surface area contributed by atoms with Crippen molar-refractivity contribution in [3.63, 3.8) is 0 Å². The monoisotopic (exact) mass is 278 g/mol. The first-order valence-corrected chi connectivity index (χ1v) is 10.6. The van der Waals surface area contributed by atoms with E-state index in [1.807, 2.05) is 6.08 Å². The molecule has 0 amide bonds. The second-order valence-electron chi connectivity index (χ2n) is 6.15. The van der Waals surface area contributed by atoms with Crippen LogP contribution in [-0.2, 0) is 0 Å². The highest BCUT2D eigenvalue weighted by Crippen LogP contribution is 2.21. The maximum absolute atomic E-state index is 3.78. The van der Waals surface area contributed by atoms with Gasteiger partial charge in [-0.25, -0.2) is 0 Å². The lowest BCUT2D eigenvalue weighted by molar-refractivity contribution is 1.58. The Balaban J connectivity index is 2.19. The predicted octanol–water partition coefficient (Wildman–Crippen LogP) is 5.89. The lowest BCUT2D eigenvalue weighted by Gasteiger charge is -2.08. The first kappa shape index (κ1) is 14.5. The van der Waals surface area contributed by atoms with Crippen LogP contribution in [0, 0.1) is 0 Å². The molecule has 0 bridgehead atoms. The van der Waals surface area contributed by atoms with Crippen LogP contribution in [0.4, 0.5) is 0 Å². The molecule has 1 heteroatoms. The average Bonchev–Trinajstić information content (AvgIpc) is 2.45. The second-order valence-corrected chi connectivity index (χ2v) is 11.2. The van der Waals surface area contributed by atoms with Gasteiger partial charge in [0.15, 0.2) is 0 Å². The van der Waals surface area contributed by atoms with Crippen molar-refractivity contribution in [2.45, 2.75) is 19.6 Å². The van der Waals surface area contributed by atoms with E-state index in [1.54, 1.807) is 0 Å². The smallest absolute Gasteiger partial charge is 0.0687 e. The Morgan fingerprint density at radius 3 is 1.60 bits per heavy atom. The van der Waals surface area contributed by atoms with Gasteiger partial charge in [-0.05, 0) is 22.3 Å². The van der Waals surface area contributed by atoms with E-state index >= 15 is 0 Å². The van der Waals surface area contributed by atoms with Gasteiger partial charge in [0.1, 0.15) is 0 Å². The molecule has 0 radical (unpaired) electrons. The normalized spacial score (nSPS) is 11.8. The molecule has 0 saturated carbocycles. The first-order chi connectivity index (χ1) is 9.48. The Kier molecular flexibility index (Phi) is 4.41. The van der Waals surface area contributed by atoms with Gasteiger partial charge in [0, 0.05) is 0 Å². The van der Waals surface area contributed by atoms with Crippen LogP contribution in [0.15, 0.2) is 60.8 Å². The van der Waals surface area contributed by atoms with Gasteiger partial charge in [-0.2, -0.15) is 0 Å². The van der Waals surface area contributed by atoms with Gasteiger partial charge in [-0.3, -0.25) is 0 Å². The summed E-state index contributed by atoms with van der Waals surface area (Å²) in [5, 5.41) is 0. The zero-order valence-electron chi connectivity index (χ0n) is 12.6. The molecule has 0 heterocycles. The third-order valence-electron chi connectivity index (χ3n) is 3.17. The molecular weight excluding hydrogens is 256 g/mol. The summed E-state index contributed by atoms with van der Waals surface area (Å²) in [4.78, 5) is 0. The Morgan fingerprint density at radius 2 is 1.20 bits per heavy atom. The summed E-state index contributed by atoms with van der Waals surface area (Å²) in [7, 11) is -1.12. The fraction of sp³-hybridized carbons (Fsp3) is 0.158. The van der Waals surface area contributed by atoms with Crippen molar-refractivity contribution in [1.29, 1.82) is 0 Å². The summed E-state index contributed by atoms with van der Waals surface area (Å²) in [6.45, 7) is 10.8. The minimum atomic E-state index is -1.12. The zero-order valence-corrected chi connectivity index (χ0v) is 13.6. The Hall–Kier alpha value is -1.86. The van der Waals surface area contributed by atoms with Crippen LogP contribution in [0.1, 0.15) is 11.1 Å². The standard InChI is InChI=1S/C19H22Si/c1-5-16-6-10-18(11-7-16)19-12-8-17(9-13-19)14-15-20(2,3)4/h5-15H,1H2,2-4H3. The van der Waals surface area contributed by atoms with Crippen LogP contribution in [0.5, 0.6) is 0 Å². The maximum Gasteiger partial charge on any atom is 0.0687 e. The van der Waals surface area contributed by atoms with Crippen LogP contribution in [0.3, 0.4) is 0 Å². The molecule has 0 nitrogen and oxygen atoms in total. The van der Waals surface area contributed by atoms with Gasteiger partial charge in [-0.15, -0.1) is 0 Å². The van der Waals surface area contributed by atoms with E-state index in [4.69, 9.17) is 0 Å². The summed E-state index contributed by atoms with van der Waals surface area (Å²) in [5.74, 6) is 0. The minimum Gasteiger partial charge on any atom is -0.0985 e. The van der Waals surface area contributed by atoms with E-state index in [2.05, 4.69) is 86.5 Å². The van der Waals surface area contributed by atoms with Crippen molar-refractivity contribution in [3.8, 4) is 11.1 Å². The minimum absolute atomic E-state index is 1.12. The van der Waals surface area contributed by atoms with Crippen molar-refractivity contribution >= 4 is 20.2 Å². The number of rotatable bonds is 4. The van der Waals surface area contributed by atoms with E-state index in [9.17, 15) is 0 Å². The van der Waals surface area contributed by atoms with Gasteiger partial charge in [0.05, 0.1) is 8.07 Å². The van der Waals surface area contributed by atoms with E-state index in [0.717, 1.165) is 5.56 Å². The molecule has 0 aliphatic rings. The van der Waals surface area contributed by atoms with Crippen molar-refractivity contribution in [2.24, 2.45) is 0 Å². The zero-order chi connectivity index (χ0) is 14.6. The molecule has 0 aliphatic carbocycles. The summed E-state index contributed by atoms with van der Waals surface area (Å²) in [6, 6.07) is 17.2. The quantitative estimate of drug-likeness (QED) is 0.612.